The van der Waals surface area contributed by atoms with Gasteiger partial charge in [-0.05, 0) is 35.8 Å². The molecule has 0 atom stereocenters. The fourth-order valence-corrected chi connectivity index (χ4v) is 1.19. The van der Waals surface area contributed by atoms with Gasteiger partial charge in [0.25, 0.3) is 5.56 Å². The summed E-state index contributed by atoms with van der Waals surface area (Å²) in [5.74, 6) is -1.39. The molecule has 0 N–H and O–H groups in total. The van der Waals surface area contributed by atoms with Crippen molar-refractivity contribution < 1.29 is 21.5 Å². The molecule has 17 heavy (non-hydrogen) atoms. The Labute approximate surface area is 111 Å². The minimum Gasteiger partial charge on any atom is -0.380 e. The molecule has 1 heterocycles. The summed E-state index contributed by atoms with van der Waals surface area (Å²) >= 11 is 0. The third-order valence-electron chi connectivity index (χ3n) is 1.90. The molecule has 0 saturated heterocycles. The number of rotatable bonds is 3. The standard InChI is InChI=1S/C13H12FNO2/c1-17-9-10-2-7-13(16)15(8-10)12-5-3-11(14)4-6-12/h2-8H,9H2,1H3/i1D3,3D,4D,5D,6D,9D2. The van der Waals surface area contributed by atoms with Crippen LogP contribution in [-0.4, -0.2) is 11.6 Å². The van der Waals surface area contributed by atoms with Gasteiger partial charge < -0.3 is 4.74 Å². The molecule has 0 saturated carbocycles. The zero-order chi connectivity index (χ0) is 20.0. The average molecular weight is 242 g/mol. The van der Waals surface area contributed by atoms with Crippen molar-refractivity contribution >= 4 is 0 Å². The maximum Gasteiger partial charge on any atom is 0.255 e. The summed E-state index contributed by atoms with van der Waals surface area (Å²) in [7, 11) is -3.08. The third-order valence-corrected chi connectivity index (χ3v) is 1.90. The predicted octanol–water partition coefficient (Wildman–Crippen LogP) is 2.12. The molecule has 0 aliphatic heterocycles. The molecule has 3 nitrogen and oxygen atoms in total. The highest BCUT2D eigenvalue weighted by Gasteiger charge is 2.01. The van der Waals surface area contributed by atoms with Gasteiger partial charge in [-0.15, -0.1) is 0 Å². The van der Waals surface area contributed by atoms with Crippen molar-refractivity contribution in [1.82, 2.24) is 4.57 Å². The minimum absolute atomic E-state index is 0.422. The van der Waals surface area contributed by atoms with Crippen LogP contribution in [0.5, 0.6) is 0 Å². The number of pyridine rings is 1. The Bertz CT molecular complexity index is 894. The number of ether oxygens (including phenoxy) is 1. The summed E-state index contributed by atoms with van der Waals surface area (Å²) in [6, 6.07) is -1.89. The molecular formula is C13H12FNO2. The van der Waals surface area contributed by atoms with E-state index < -0.39 is 60.4 Å². The normalized spacial score (nSPS) is 19.7. The van der Waals surface area contributed by atoms with Crippen LogP contribution in [0.1, 0.15) is 17.9 Å². The van der Waals surface area contributed by atoms with E-state index in [1.165, 1.54) is 0 Å². The van der Waals surface area contributed by atoms with Gasteiger partial charge >= 0.3 is 0 Å². The molecule has 1 aromatic carbocycles. The van der Waals surface area contributed by atoms with E-state index in [2.05, 4.69) is 4.74 Å². The monoisotopic (exact) mass is 242 g/mol. The van der Waals surface area contributed by atoms with Gasteiger partial charge in [-0.2, -0.15) is 0 Å². The summed E-state index contributed by atoms with van der Waals surface area (Å²) in [4.78, 5) is 12.1. The molecule has 2 aromatic rings. The summed E-state index contributed by atoms with van der Waals surface area (Å²) < 4.78 is 85.5. The summed E-state index contributed by atoms with van der Waals surface area (Å²) in [6.07, 6.45) is 0.788. The van der Waals surface area contributed by atoms with Crippen molar-refractivity contribution in [3.8, 4) is 5.69 Å². The van der Waals surface area contributed by atoms with Crippen LogP contribution in [0.2, 0.25) is 0 Å². The number of hydrogen-bond donors (Lipinski definition) is 0. The molecule has 4 heteroatoms. The smallest absolute Gasteiger partial charge is 0.255 e. The number of aromatic nitrogens is 1. The van der Waals surface area contributed by atoms with E-state index in [4.69, 9.17) is 12.3 Å². The number of methoxy groups -OCH3 is 1. The number of hydrogen-bond acceptors (Lipinski definition) is 2. The van der Waals surface area contributed by atoms with Crippen molar-refractivity contribution in [2.24, 2.45) is 0 Å². The van der Waals surface area contributed by atoms with Crippen LogP contribution in [-0.2, 0) is 11.3 Å². The molecule has 0 radical (unpaired) electrons. The van der Waals surface area contributed by atoms with Crippen molar-refractivity contribution in [3.63, 3.8) is 0 Å². The molecular weight excluding hydrogens is 221 g/mol. The van der Waals surface area contributed by atoms with Crippen LogP contribution in [0.3, 0.4) is 0 Å². The Hall–Kier alpha value is -1.94. The largest absolute Gasteiger partial charge is 0.380 e. The lowest BCUT2D eigenvalue weighted by Gasteiger charge is -2.07. The minimum atomic E-state index is -3.08. The Balaban J connectivity index is 2.73. The van der Waals surface area contributed by atoms with Crippen LogP contribution >= 0.6 is 0 Å². The quantitative estimate of drug-likeness (QED) is 0.825. The summed E-state index contributed by atoms with van der Waals surface area (Å²) in [6.45, 7) is -2.85. The van der Waals surface area contributed by atoms with Crippen molar-refractivity contribution in [2.75, 3.05) is 7.04 Å². The Morgan fingerprint density at radius 3 is 2.94 bits per heavy atom. The van der Waals surface area contributed by atoms with E-state index in [0.29, 0.717) is 4.57 Å². The fourth-order valence-electron chi connectivity index (χ4n) is 1.19. The van der Waals surface area contributed by atoms with E-state index in [-0.39, 0.29) is 0 Å². The van der Waals surface area contributed by atoms with Gasteiger partial charge in [-0.3, -0.25) is 9.36 Å². The molecule has 0 amide bonds. The van der Waals surface area contributed by atoms with Crippen LogP contribution < -0.4 is 5.56 Å². The first-order chi connectivity index (χ1) is 11.8. The number of benzene rings is 1. The SMILES string of the molecule is [2H]c1c([2H])c(-n2cc(C([2H])([2H])OC([2H])([2H])[2H])ccc2=O)c([2H])c([2H])c1F. The number of halogens is 1. The van der Waals surface area contributed by atoms with Crippen molar-refractivity contribution in [2.45, 2.75) is 6.56 Å². The van der Waals surface area contributed by atoms with Crippen LogP contribution in [0.15, 0.2) is 47.3 Å². The first-order valence-corrected chi connectivity index (χ1v) is 4.46. The average Bonchev–Trinajstić information content (AvgIpc) is 2.50. The topological polar surface area (TPSA) is 31.2 Å². The van der Waals surface area contributed by atoms with Crippen LogP contribution in [0, 0.1) is 5.82 Å². The van der Waals surface area contributed by atoms with Gasteiger partial charge in [0.2, 0.25) is 0 Å². The van der Waals surface area contributed by atoms with Gasteiger partial charge in [0, 0.05) is 25.0 Å². The second kappa shape index (κ2) is 4.93. The second-order valence-corrected chi connectivity index (χ2v) is 2.99. The summed E-state index contributed by atoms with van der Waals surface area (Å²) in [5, 5.41) is 0. The van der Waals surface area contributed by atoms with Gasteiger partial charge in [0.1, 0.15) is 5.82 Å². The Kier molecular flexibility index (Phi) is 1.37. The predicted molar refractivity (Wildman–Crippen MR) is 62.7 cm³/mol. The zero-order valence-corrected chi connectivity index (χ0v) is 8.37. The highest BCUT2D eigenvalue weighted by Crippen LogP contribution is 2.08. The highest BCUT2D eigenvalue weighted by atomic mass is 19.1. The molecule has 0 fully saturated rings. The van der Waals surface area contributed by atoms with E-state index in [9.17, 15) is 9.18 Å². The van der Waals surface area contributed by atoms with Gasteiger partial charge in [0.05, 0.1) is 18.9 Å². The van der Waals surface area contributed by atoms with Gasteiger partial charge in [0.15, 0.2) is 0 Å². The van der Waals surface area contributed by atoms with E-state index in [1.807, 2.05) is 0 Å². The maximum absolute atomic E-state index is 13.7. The zero-order valence-electron chi connectivity index (χ0n) is 17.4. The van der Waals surface area contributed by atoms with Gasteiger partial charge in [-0.25, -0.2) is 4.39 Å². The second-order valence-electron chi connectivity index (χ2n) is 2.99. The lowest BCUT2D eigenvalue weighted by atomic mass is 10.2. The Morgan fingerprint density at radius 2 is 2.24 bits per heavy atom. The molecule has 0 unspecified atom stereocenters. The lowest BCUT2D eigenvalue weighted by Crippen LogP contribution is -2.17. The molecule has 0 bridgehead atoms. The molecule has 0 spiro atoms. The van der Waals surface area contributed by atoms with E-state index in [0.717, 1.165) is 18.3 Å². The Morgan fingerprint density at radius 1 is 1.47 bits per heavy atom. The van der Waals surface area contributed by atoms with E-state index in [1.54, 1.807) is 0 Å². The van der Waals surface area contributed by atoms with Gasteiger partial charge in [-0.1, -0.05) is 0 Å². The highest BCUT2D eigenvalue weighted by molar-refractivity contribution is 5.33. The molecule has 88 valence electrons. The molecule has 0 aliphatic rings. The first kappa shape index (κ1) is 4.74. The third kappa shape index (κ3) is 2.60. The van der Waals surface area contributed by atoms with Crippen molar-refractivity contribution in [1.29, 1.82) is 0 Å². The molecule has 0 aliphatic carbocycles. The van der Waals surface area contributed by atoms with E-state index >= 15 is 0 Å². The number of nitrogens with zero attached hydrogens (tertiary/aromatic N) is 1. The van der Waals surface area contributed by atoms with Crippen LogP contribution in [0.25, 0.3) is 5.69 Å². The molecule has 2 rings (SSSR count). The first-order valence-electron chi connectivity index (χ1n) is 8.96. The van der Waals surface area contributed by atoms with Crippen molar-refractivity contribution in [3.05, 3.63) is 64.2 Å². The summed E-state index contributed by atoms with van der Waals surface area (Å²) in [5.41, 5.74) is -1.88. The molecule has 1 aromatic heterocycles. The maximum atomic E-state index is 13.7. The van der Waals surface area contributed by atoms with Crippen LogP contribution in [0.4, 0.5) is 4.39 Å². The fraction of sp³-hybridized carbons (Fsp3) is 0.154. The lowest BCUT2D eigenvalue weighted by molar-refractivity contribution is 0.184.